The second kappa shape index (κ2) is 6.86. The standard InChI is InChI=1S/C17H16F5NO3S/c1-2-11-25-12-26-14-9-7-13(8-10-14)17(24)23-15-5-3-4-6-16(15)27(18,19,20,21)22/h2-10H,1,11-12H2,(H,23,24). The van der Waals surface area contributed by atoms with Gasteiger partial charge >= 0.3 is 10.2 Å². The lowest BCUT2D eigenvalue weighted by Crippen LogP contribution is -2.16. The molecule has 0 spiro atoms. The number of amides is 1. The van der Waals surface area contributed by atoms with Gasteiger partial charge in [-0.05, 0) is 36.4 Å². The third-order valence-corrected chi connectivity index (χ3v) is 4.40. The average Bonchev–Trinajstić information content (AvgIpc) is 2.57. The highest BCUT2D eigenvalue weighted by molar-refractivity contribution is 8.45. The first-order valence-electron chi connectivity index (χ1n) is 7.47. The molecule has 0 bridgehead atoms. The van der Waals surface area contributed by atoms with E-state index in [-0.39, 0.29) is 25.0 Å². The Hall–Kier alpha value is -2.59. The zero-order valence-electron chi connectivity index (χ0n) is 13.8. The molecular weight excluding hydrogens is 393 g/mol. The Balaban J connectivity index is 2.14. The van der Waals surface area contributed by atoms with E-state index in [4.69, 9.17) is 9.47 Å². The molecule has 148 valence electrons. The van der Waals surface area contributed by atoms with Crippen LogP contribution in [0.1, 0.15) is 10.4 Å². The summed E-state index contributed by atoms with van der Waals surface area (Å²) in [5, 5.41) is 1.88. The first-order valence-corrected chi connectivity index (χ1v) is 9.42. The third kappa shape index (κ3) is 5.97. The van der Waals surface area contributed by atoms with Gasteiger partial charge in [-0.2, -0.15) is 0 Å². The van der Waals surface area contributed by atoms with Crippen molar-refractivity contribution in [3.8, 4) is 5.75 Å². The molecule has 0 radical (unpaired) electrons. The van der Waals surface area contributed by atoms with Gasteiger partial charge in [-0.25, -0.2) is 0 Å². The van der Waals surface area contributed by atoms with Crippen molar-refractivity contribution in [2.45, 2.75) is 4.90 Å². The normalized spacial score (nSPS) is 14.0. The largest absolute Gasteiger partial charge is 0.468 e. The topological polar surface area (TPSA) is 47.6 Å². The molecule has 0 heterocycles. The van der Waals surface area contributed by atoms with E-state index in [0.717, 1.165) is 18.2 Å². The number of benzene rings is 2. The predicted octanol–water partition coefficient (Wildman–Crippen LogP) is 6.14. The summed E-state index contributed by atoms with van der Waals surface area (Å²) in [6, 6.07) is 8.27. The minimum atomic E-state index is -9.95. The number of carbonyl (C=O) groups excluding carboxylic acids is 1. The molecule has 0 saturated heterocycles. The zero-order chi connectivity index (χ0) is 20.2. The lowest BCUT2D eigenvalue weighted by molar-refractivity contribution is 0.0307. The summed E-state index contributed by atoms with van der Waals surface area (Å²) >= 11 is 0. The first kappa shape index (κ1) is 20.7. The van der Waals surface area contributed by atoms with Crippen LogP contribution < -0.4 is 10.1 Å². The Bertz CT molecular complexity index is 838. The van der Waals surface area contributed by atoms with Gasteiger partial charge in [-0.1, -0.05) is 37.6 Å². The van der Waals surface area contributed by atoms with E-state index in [2.05, 4.69) is 6.58 Å². The van der Waals surface area contributed by atoms with Crippen LogP contribution in [-0.2, 0) is 4.74 Å². The maximum absolute atomic E-state index is 13.1. The van der Waals surface area contributed by atoms with Crippen molar-refractivity contribution in [3.63, 3.8) is 0 Å². The Morgan fingerprint density at radius 3 is 2.26 bits per heavy atom. The van der Waals surface area contributed by atoms with Gasteiger partial charge in [0.1, 0.15) is 10.6 Å². The molecule has 10 heteroatoms. The molecule has 0 aliphatic carbocycles. The molecule has 0 atom stereocenters. The summed E-state index contributed by atoms with van der Waals surface area (Å²) in [5.41, 5.74) is -1.05. The summed E-state index contributed by atoms with van der Waals surface area (Å²) < 4.78 is 75.7. The van der Waals surface area contributed by atoms with Crippen molar-refractivity contribution in [2.75, 3.05) is 18.7 Å². The van der Waals surface area contributed by atoms with Gasteiger partial charge in [0, 0.05) is 5.56 Å². The summed E-state index contributed by atoms with van der Waals surface area (Å²) in [5.74, 6) is -0.623. The van der Waals surface area contributed by atoms with Crippen molar-refractivity contribution in [1.29, 1.82) is 0 Å². The summed E-state index contributed by atoms with van der Waals surface area (Å²) in [7, 11) is -9.95. The van der Waals surface area contributed by atoms with Crippen molar-refractivity contribution < 1.29 is 33.7 Å². The molecule has 27 heavy (non-hydrogen) atoms. The second-order valence-corrected chi connectivity index (χ2v) is 7.74. The number of anilines is 1. The second-order valence-electron chi connectivity index (χ2n) is 5.37. The van der Waals surface area contributed by atoms with Gasteiger partial charge in [0.2, 0.25) is 0 Å². The van der Waals surface area contributed by atoms with E-state index in [1.165, 1.54) is 30.3 Å². The van der Waals surface area contributed by atoms with Crippen molar-refractivity contribution in [1.82, 2.24) is 0 Å². The number of nitrogens with one attached hydrogen (secondary N) is 1. The monoisotopic (exact) mass is 409 g/mol. The number of rotatable bonds is 8. The van der Waals surface area contributed by atoms with Crippen LogP contribution in [0.5, 0.6) is 5.75 Å². The Kier molecular flexibility index (Phi) is 5.26. The van der Waals surface area contributed by atoms with Crippen molar-refractivity contribution >= 4 is 21.8 Å². The molecule has 1 amide bonds. The fourth-order valence-electron chi connectivity index (χ4n) is 2.04. The van der Waals surface area contributed by atoms with E-state index in [0.29, 0.717) is 5.75 Å². The molecule has 0 aliphatic rings. The van der Waals surface area contributed by atoms with Gasteiger partial charge in [-0.15, -0.1) is 6.58 Å². The van der Waals surface area contributed by atoms with E-state index >= 15 is 0 Å². The van der Waals surface area contributed by atoms with Crippen LogP contribution >= 0.6 is 10.2 Å². The molecule has 0 fully saturated rings. The quantitative estimate of drug-likeness (QED) is 0.247. The molecule has 0 saturated carbocycles. The van der Waals surface area contributed by atoms with Crippen LogP contribution in [0.15, 0.2) is 66.1 Å². The minimum absolute atomic E-state index is 0.0358. The highest BCUT2D eigenvalue weighted by Gasteiger charge is 2.66. The highest BCUT2D eigenvalue weighted by Crippen LogP contribution is 3.02. The van der Waals surface area contributed by atoms with Crippen molar-refractivity contribution in [3.05, 3.63) is 66.7 Å². The Labute approximate surface area is 152 Å². The smallest absolute Gasteiger partial charge is 0.312 e. The molecule has 0 aliphatic heterocycles. The average molecular weight is 409 g/mol. The van der Waals surface area contributed by atoms with Crippen LogP contribution in [0.2, 0.25) is 0 Å². The summed E-state index contributed by atoms with van der Waals surface area (Å²) in [6.07, 6.45) is 1.53. The molecule has 2 rings (SSSR count). The minimum Gasteiger partial charge on any atom is -0.468 e. The van der Waals surface area contributed by atoms with Crippen molar-refractivity contribution in [2.24, 2.45) is 0 Å². The number of hydrogen-bond donors (Lipinski definition) is 1. The molecule has 2 aromatic rings. The molecule has 2 aromatic carbocycles. The van der Waals surface area contributed by atoms with Crippen LogP contribution in [0.4, 0.5) is 25.1 Å². The summed E-state index contributed by atoms with van der Waals surface area (Å²) in [6.45, 7) is 3.68. The van der Waals surface area contributed by atoms with Crippen LogP contribution in [-0.4, -0.2) is 19.3 Å². The van der Waals surface area contributed by atoms with E-state index in [9.17, 15) is 24.2 Å². The van der Waals surface area contributed by atoms with Gasteiger partial charge in [0.25, 0.3) is 5.91 Å². The highest BCUT2D eigenvalue weighted by atomic mass is 32.5. The number of hydrogen-bond acceptors (Lipinski definition) is 3. The van der Waals surface area contributed by atoms with Gasteiger partial charge in [0.05, 0.1) is 12.3 Å². The molecule has 1 N–H and O–H groups in total. The zero-order valence-corrected chi connectivity index (χ0v) is 14.7. The predicted molar refractivity (Wildman–Crippen MR) is 93.9 cm³/mol. The maximum atomic E-state index is 13.1. The maximum Gasteiger partial charge on any atom is 0.312 e. The number of carbonyl (C=O) groups is 1. The number of ether oxygens (including phenoxy) is 2. The Morgan fingerprint density at radius 2 is 1.67 bits per heavy atom. The number of halogens is 5. The molecule has 0 unspecified atom stereocenters. The van der Waals surface area contributed by atoms with Gasteiger partial charge in [-0.3, -0.25) is 4.79 Å². The van der Waals surface area contributed by atoms with Gasteiger partial charge in [0.15, 0.2) is 6.79 Å². The lowest BCUT2D eigenvalue weighted by Gasteiger charge is -2.41. The van der Waals surface area contributed by atoms with Crippen LogP contribution in [0, 0.1) is 0 Å². The van der Waals surface area contributed by atoms with Gasteiger partial charge < -0.3 is 14.8 Å². The molecular formula is C17H16F5NO3S. The van der Waals surface area contributed by atoms with E-state index in [1.54, 1.807) is 0 Å². The molecule has 0 aromatic heterocycles. The molecule has 4 nitrogen and oxygen atoms in total. The number of para-hydroxylation sites is 1. The SMILES string of the molecule is C=CCOCOc1ccc(C(=O)Nc2ccccc2S(F)(F)(F)(F)F)cc1. The van der Waals surface area contributed by atoms with Crippen LogP contribution in [0.3, 0.4) is 0 Å². The Morgan fingerprint density at radius 1 is 1.04 bits per heavy atom. The third-order valence-electron chi connectivity index (χ3n) is 3.21. The first-order chi connectivity index (χ1) is 12.4. The lowest BCUT2D eigenvalue weighted by atomic mass is 10.2. The fourth-order valence-corrected chi connectivity index (χ4v) is 2.91. The fraction of sp³-hybridized carbons (Fsp3) is 0.118. The van der Waals surface area contributed by atoms with Crippen LogP contribution in [0.25, 0.3) is 0 Å². The van der Waals surface area contributed by atoms with E-state index < -0.39 is 26.7 Å². The van der Waals surface area contributed by atoms with E-state index in [1.807, 2.05) is 5.32 Å². The summed E-state index contributed by atoms with van der Waals surface area (Å²) in [4.78, 5) is 9.98.